The Balaban J connectivity index is 1.94. The Hall–Kier alpha value is -0.570. The van der Waals surface area contributed by atoms with Gasteiger partial charge in [0.2, 0.25) is 0 Å². The standard InChI is InChI=1S/C21H36O3/c1-13(2)18-14-7-10-17-20(3,15(14)8-9-16(18)22)11-6-12-21(17,4)19(23)24-5/h13-18,22H,6-12H2,1-5H3/t14?,15?,16?,17?,18?,20-,21+/m0/s1. The summed E-state index contributed by atoms with van der Waals surface area (Å²) >= 11 is 0. The Bertz CT molecular complexity index is 487. The maximum atomic E-state index is 12.6. The number of methoxy groups -OCH3 is 1. The lowest BCUT2D eigenvalue weighted by Gasteiger charge is -2.62. The Morgan fingerprint density at radius 3 is 2.46 bits per heavy atom. The minimum Gasteiger partial charge on any atom is -0.469 e. The van der Waals surface area contributed by atoms with Crippen molar-refractivity contribution in [3.05, 3.63) is 0 Å². The monoisotopic (exact) mass is 336 g/mol. The molecule has 7 atom stereocenters. The molecule has 3 heteroatoms. The van der Waals surface area contributed by atoms with Crippen LogP contribution in [0.15, 0.2) is 0 Å². The zero-order valence-electron chi connectivity index (χ0n) is 16.2. The highest BCUT2D eigenvalue weighted by Gasteiger charge is 2.61. The normalized spacial score (nSPS) is 48.5. The van der Waals surface area contributed by atoms with Gasteiger partial charge >= 0.3 is 5.97 Å². The van der Waals surface area contributed by atoms with E-state index >= 15 is 0 Å². The minimum absolute atomic E-state index is 0.00636. The van der Waals surface area contributed by atoms with Gasteiger partial charge in [-0.15, -0.1) is 0 Å². The smallest absolute Gasteiger partial charge is 0.311 e. The van der Waals surface area contributed by atoms with Gasteiger partial charge in [0.25, 0.3) is 0 Å². The molecule has 0 spiro atoms. The Morgan fingerprint density at radius 2 is 1.83 bits per heavy atom. The first-order valence-corrected chi connectivity index (χ1v) is 10.0. The van der Waals surface area contributed by atoms with Crippen molar-refractivity contribution in [1.82, 2.24) is 0 Å². The highest BCUT2D eigenvalue weighted by atomic mass is 16.5. The summed E-state index contributed by atoms with van der Waals surface area (Å²) in [5.74, 6) is 2.64. The van der Waals surface area contributed by atoms with Gasteiger partial charge in [-0.25, -0.2) is 0 Å². The van der Waals surface area contributed by atoms with Crippen LogP contribution in [0.2, 0.25) is 0 Å². The van der Waals surface area contributed by atoms with Crippen LogP contribution in [0.25, 0.3) is 0 Å². The molecule has 3 nitrogen and oxygen atoms in total. The van der Waals surface area contributed by atoms with E-state index in [4.69, 9.17) is 4.74 Å². The number of aliphatic hydroxyl groups is 1. The molecule has 0 amide bonds. The molecule has 3 saturated carbocycles. The Kier molecular flexibility index (Phi) is 4.79. The van der Waals surface area contributed by atoms with Crippen LogP contribution in [-0.2, 0) is 9.53 Å². The molecular weight excluding hydrogens is 300 g/mol. The van der Waals surface area contributed by atoms with Crippen molar-refractivity contribution in [2.75, 3.05) is 7.11 Å². The van der Waals surface area contributed by atoms with Gasteiger partial charge in [-0.05, 0) is 80.5 Å². The quantitative estimate of drug-likeness (QED) is 0.759. The van der Waals surface area contributed by atoms with Crippen molar-refractivity contribution < 1.29 is 14.6 Å². The average molecular weight is 337 g/mol. The molecule has 0 saturated heterocycles. The molecule has 0 bridgehead atoms. The van der Waals surface area contributed by atoms with Crippen LogP contribution in [0.4, 0.5) is 0 Å². The molecular formula is C21H36O3. The van der Waals surface area contributed by atoms with Crippen LogP contribution in [0.1, 0.15) is 72.6 Å². The average Bonchev–Trinajstić information content (AvgIpc) is 2.52. The van der Waals surface area contributed by atoms with Gasteiger partial charge in [0.05, 0.1) is 18.6 Å². The molecule has 3 aliphatic carbocycles. The van der Waals surface area contributed by atoms with Crippen molar-refractivity contribution in [2.24, 2.45) is 40.4 Å². The van der Waals surface area contributed by atoms with Crippen LogP contribution < -0.4 is 0 Å². The van der Waals surface area contributed by atoms with Gasteiger partial charge < -0.3 is 9.84 Å². The third-order valence-electron chi connectivity index (χ3n) is 8.26. The van der Waals surface area contributed by atoms with Crippen LogP contribution in [0.5, 0.6) is 0 Å². The molecule has 0 aliphatic heterocycles. The lowest BCUT2D eigenvalue weighted by molar-refractivity contribution is -0.183. The summed E-state index contributed by atoms with van der Waals surface area (Å²) in [5.41, 5.74) is -0.104. The maximum absolute atomic E-state index is 12.6. The third-order valence-corrected chi connectivity index (χ3v) is 8.26. The first-order valence-electron chi connectivity index (χ1n) is 10.0. The second kappa shape index (κ2) is 6.30. The van der Waals surface area contributed by atoms with E-state index < -0.39 is 0 Å². The summed E-state index contributed by atoms with van der Waals surface area (Å²) in [7, 11) is 1.54. The molecule has 0 aromatic rings. The largest absolute Gasteiger partial charge is 0.469 e. The zero-order chi connectivity index (χ0) is 17.7. The molecule has 1 N–H and O–H groups in total. The number of carbonyl (C=O) groups is 1. The highest BCUT2D eigenvalue weighted by molar-refractivity contribution is 5.77. The number of esters is 1. The molecule has 3 aliphatic rings. The van der Waals surface area contributed by atoms with Crippen molar-refractivity contribution >= 4 is 5.97 Å². The van der Waals surface area contributed by atoms with E-state index in [1.54, 1.807) is 0 Å². The van der Waals surface area contributed by atoms with Gasteiger partial charge in [0.1, 0.15) is 0 Å². The van der Waals surface area contributed by atoms with E-state index in [0.29, 0.717) is 29.6 Å². The number of hydrogen-bond acceptors (Lipinski definition) is 3. The van der Waals surface area contributed by atoms with E-state index in [2.05, 4.69) is 27.7 Å². The minimum atomic E-state index is -0.323. The first-order chi connectivity index (χ1) is 11.3. The summed E-state index contributed by atoms with van der Waals surface area (Å²) in [5, 5.41) is 10.6. The van der Waals surface area contributed by atoms with Gasteiger partial charge in [0, 0.05) is 0 Å². The zero-order valence-corrected chi connectivity index (χ0v) is 16.2. The van der Waals surface area contributed by atoms with Gasteiger partial charge in [0.15, 0.2) is 0 Å². The predicted octanol–water partition coefficient (Wildman–Crippen LogP) is 4.43. The molecule has 3 rings (SSSR count). The van der Waals surface area contributed by atoms with Gasteiger partial charge in [-0.1, -0.05) is 27.2 Å². The van der Waals surface area contributed by atoms with E-state index in [0.717, 1.165) is 38.5 Å². The fraction of sp³-hybridized carbons (Fsp3) is 0.952. The van der Waals surface area contributed by atoms with E-state index in [1.165, 1.54) is 13.5 Å². The topological polar surface area (TPSA) is 46.5 Å². The molecule has 3 fully saturated rings. The molecule has 0 aromatic heterocycles. The van der Waals surface area contributed by atoms with Crippen LogP contribution in [0, 0.1) is 40.4 Å². The molecule has 0 radical (unpaired) electrons. The SMILES string of the molecule is COC(=O)[C@]1(C)CCC[C@@]2(C)C3CCC(O)C(C(C)C)C3CCC21. The van der Waals surface area contributed by atoms with Crippen LogP contribution in [-0.4, -0.2) is 24.3 Å². The molecule has 0 heterocycles. The third kappa shape index (κ3) is 2.53. The summed E-state index contributed by atoms with van der Waals surface area (Å²) < 4.78 is 5.22. The van der Waals surface area contributed by atoms with Gasteiger partial charge in [-0.2, -0.15) is 0 Å². The van der Waals surface area contributed by atoms with Gasteiger partial charge in [-0.3, -0.25) is 4.79 Å². The first kappa shape index (κ1) is 18.2. The lowest BCUT2D eigenvalue weighted by atomic mass is 9.42. The van der Waals surface area contributed by atoms with Crippen LogP contribution >= 0.6 is 0 Å². The van der Waals surface area contributed by atoms with E-state index in [1.807, 2.05) is 0 Å². The fourth-order valence-electron chi connectivity index (χ4n) is 7.30. The van der Waals surface area contributed by atoms with Crippen molar-refractivity contribution in [1.29, 1.82) is 0 Å². The summed E-state index contributed by atoms with van der Waals surface area (Å²) in [6.07, 6.45) is 7.51. The fourth-order valence-corrected chi connectivity index (χ4v) is 7.30. The summed E-state index contributed by atoms with van der Waals surface area (Å²) in [6, 6.07) is 0. The number of aliphatic hydroxyl groups excluding tert-OH is 1. The number of hydrogen-bond donors (Lipinski definition) is 1. The Morgan fingerprint density at radius 1 is 1.12 bits per heavy atom. The second-order valence-electron chi connectivity index (χ2n) is 9.63. The van der Waals surface area contributed by atoms with Crippen molar-refractivity contribution in [3.63, 3.8) is 0 Å². The van der Waals surface area contributed by atoms with Crippen LogP contribution in [0.3, 0.4) is 0 Å². The van der Waals surface area contributed by atoms with Crippen molar-refractivity contribution in [3.8, 4) is 0 Å². The second-order valence-corrected chi connectivity index (χ2v) is 9.63. The summed E-state index contributed by atoms with van der Waals surface area (Å²) in [6.45, 7) is 9.14. The maximum Gasteiger partial charge on any atom is 0.311 e. The molecule has 0 aromatic carbocycles. The Labute approximate surface area is 147 Å². The van der Waals surface area contributed by atoms with E-state index in [9.17, 15) is 9.90 Å². The summed E-state index contributed by atoms with van der Waals surface area (Å²) in [4.78, 5) is 12.6. The molecule has 138 valence electrons. The number of ether oxygens (including phenoxy) is 1. The molecule has 24 heavy (non-hydrogen) atoms. The predicted molar refractivity (Wildman–Crippen MR) is 95.4 cm³/mol. The van der Waals surface area contributed by atoms with E-state index in [-0.39, 0.29) is 22.9 Å². The number of fused-ring (bicyclic) bond motifs is 3. The number of rotatable bonds is 2. The van der Waals surface area contributed by atoms with Crippen molar-refractivity contribution in [2.45, 2.75) is 78.7 Å². The highest BCUT2D eigenvalue weighted by Crippen LogP contribution is 2.65. The molecule has 5 unspecified atom stereocenters. The lowest BCUT2D eigenvalue weighted by Crippen LogP contribution is -2.58. The number of carbonyl (C=O) groups excluding carboxylic acids is 1.